The van der Waals surface area contributed by atoms with Crippen LogP contribution in [0.2, 0.25) is 0 Å². The van der Waals surface area contributed by atoms with E-state index in [2.05, 4.69) is 21.9 Å². The average molecular weight is 781 g/mol. The summed E-state index contributed by atoms with van der Waals surface area (Å²) in [6, 6.07) is 29.0. The molecule has 0 aliphatic heterocycles. The Morgan fingerprint density at radius 3 is 1.74 bits per heavy atom. The van der Waals surface area contributed by atoms with Gasteiger partial charge in [-0.2, -0.15) is 0 Å². The van der Waals surface area contributed by atoms with E-state index in [1.165, 1.54) is 11.9 Å². The number of rotatable bonds is 24. The van der Waals surface area contributed by atoms with Gasteiger partial charge in [-0.15, -0.1) is 6.42 Å². The smallest absolute Gasteiger partial charge is 0.255 e. The number of methoxy groups -OCH3 is 2. The number of carbonyl (C=O) groups excluding carboxylic acids is 2. The second-order valence-corrected chi connectivity index (χ2v) is 12.5. The van der Waals surface area contributed by atoms with Crippen LogP contribution in [-0.4, -0.2) is 90.4 Å². The van der Waals surface area contributed by atoms with Crippen molar-refractivity contribution in [3.8, 4) is 23.8 Å². The lowest BCUT2D eigenvalue weighted by Crippen LogP contribution is -2.44. The molecule has 302 valence electrons. The van der Waals surface area contributed by atoms with Crippen LogP contribution < -0.4 is 37.0 Å². The van der Waals surface area contributed by atoms with Crippen molar-refractivity contribution in [2.24, 2.45) is 11.6 Å². The van der Waals surface area contributed by atoms with Gasteiger partial charge in [0.05, 0.1) is 84.1 Å². The number of hydrogen-bond acceptors (Lipinski definition) is 12. The van der Waals surface area contributed by atoms with Gasteiger partial charge in [0.25, 0.3) is 5.91 Å². The van der Waals surface area contributed by atoms with Crippen LogP contribution in [0.4, 0.5) is 17.1 Å². The fourth-order valence-corrected chi connectivity index (χ4v) is 5.71. The molecule has 0 saturated heterocycles. The molecule has 0 heterocycles. The van der Waals surface area contributed by atoms with Crippen molar-refractivity contribution in [1.82, 2.24) is 5.01 Å². The predicted molar refractivity (Wildman–Crippen MR) is 221 cm³/mol. The van der Waals surface area contributed by atoms with E-state index in [9.17, 15) is 9.59 Å². The van der Waals surface area contributed by atoms with Crippen LogP contribution in [0.25, 0.3) is 0 Å². The fraction of sp³-hybridized carbons (Fsp3) is 0.302. The quantitative estimate of drug-likeness (QED) is 0.0280. The molecule has 0 aromatic heterocycles. The lowest BCUT2D eigenvalue weighted by atomic mass is 9.79. The van der Waals surface area contributed by atoms with Gasteiger partial charge < -0.3 is 55.1 Å². The molecule has 14 heteroatoms. The van der Waals surface area contributed by atoms with Crippen molar-refractivity contribution in [1.29, 1.82) is 0 Å². The van der Waals surface area contributed by atoms with Gasteiger partial charge in [-0.25, -0.2) is 5.84 Å². The third-order valence-electron chi connectivity index (χ3n) is 8.54. The summed E-state index contributed by atoms with van der Waals surface area (Å²) in [4.78, 5) is 25.0. The molecule has 0 spiro atoms. The largest absolute Gasteiger partial charge is 0.497 e. The Hall–Kier alpha value is -6.08. The molecule has 0 atom stereocenters. The molecule has 0 unspecified atom stereocenters. The first-order valence-corrected chi connectivity index (χ1v) is 18.3. The third-order valence-corrected chi connectivity index (χ3v) is 8.54. The number of nitrogens with two attached hydrogens (primary N) is 2. The molecule has 0 bridgehead atoms. The van der Waals surface area contributed by atoms with Crippen LogP contribution in [-0.2, 0) is 29.3 Å². The fourth-order valence-electron chi connectivity index (χ4n) is 5.71. The van der Waals surface area contributed by atoms with E-state index >= 15 is 0 Å². The lowest BCUT2D eigenvalue weighted by Gasteiger charge is -2.39. The molecule has 2 amide bonds. The molecule has 14 nitrogen and oxygen atoms in total. The Kier molecular flexibility index (Phi) is 17.7. The number of terminal acetylenes is 1. The zero-order chi connectivity index (χ0) is 40.9. The summed E-state index contributed by atoms with van der Waals surface area (Å²) in [7, 11) is 3.20. The molecule has 4 aromatic rings. The van der Waals surface area contributed by atoms with Gasteiger partial charge in [-0.1, -0.05) is 42.3 Å². The summed E-state index contributed by atoms with van der Waals surface area (Å²) in [5.74, 6) is 9.69. The molecule has 0 aliphatic rings. The van der Waals surface area contributed by atoms with E-state index in [0.717, 1.165) is 11.1 Å². The van der Waals surface area contributed by atoms with Crippen molar-refractivity contribution in [3.05, 3.63) is 126 Å². The third kappa shape index (κ3) is 13.3. The minimum Gasteiger partial charge on any atom is -0.497 e. The van der Waals surface area contributed by atoms with Gasteiger partial charge >= 0.3 is 0 Å². The topological polar surface area (TPSA) is 181 Å². The highest BCUT2D eigenvalue weighted by molar-refractivity contribution is 6.06. The Morgan fingerprint density at radius 2 is 1.23 bits per heavy atom. The average Bonchev–Trinajstić information content (AvgIpc) is 3.22. The minimum absolute atomic E-state index is 0.205. The van der Waals surface area contributed by atoms with Gasteiger partial charge in [0, 0.05) is 24.4 Å². The maximum absolute atomic E-state index is 13.5. The molecular weight excluding hydrogens is 729 g/mol. The summed E-state index contributed by atoms with van der Waals surface area (Å²) < 4.78 is 32.9. The number of hydrazine groups is 1. The highest BCUT2D eigenvalue weighted by Crippen LogP contribution is 2.41. The first kappa shape index (κ1) is 43.6. The maximum Gasteiger partial charge on any atom is 0.255 e. The van der Waals surface area contributed by atoms with Gasteiger partial charge in [-0.3, -0.25) is 9.59 Å². The molecule has 0 aliphatic carbocycles. The number of carbonyl (C=O) groups is 2. The molecule has 57 heavy (non-hydrogen) atoms. The molecule has 7 N–H and O–H groups in total. The number of ether oxygens (including phenoxy) is 6. The van der Waals surface area contributed by atoms with Gasteiger partial charge in [0.2, 0.25) is 5.91 Å². The summed E-state index contributed by atoms with van der Waals surface area (Å²) in [5, 5.41) is 10.9. The van der Waals surface area contributed by atoms with Crippen LogP contribution in [0, 0.1) is 12.3 Å². The van der Waals surface area contributed by atoms with Crippen LogP contribution in [0.15, 0.2) is 109 Å². The maximum atomic E-state index is 13.5. The van der Waals surface area contributed by atoms with Crippen LogP contribution in [0.1, 0.15) is 28.4 Å². The second kappa shape index (κ2) is 23.1. The van der Waals surface area contributed by atoms with E-state index in [-0.39, 0.29) is 18.4 Å². The summed E-state index contributed by atoms with van der Waals surface area (Å²) in [5.41, 5.74) is 9.78. The predicted octanol–water partition coefficient (Wildman–Crippen LogP) is 4.95. The van der Waals surface area contributed by atoms with Gasteiger partial charge in [-0.05, 0) is 71.8 Å². The molecular formula is C43H52N6O8. The van der Waals surface area contributed by atoms with E-state index in [0.29, 0.717) is 92.6 Å². The standard InChI is InChI=1S/C43H52N6O8/c1-5-23-54-25-27-56-29-30-57-28-26-55-24-22-49(45)31-41(44)43(34-12-18-37(52-3)19-13-34,35-14-20-38(53-4)21-15-35)48-40-9-7-6-8-39(40)47-42(51)33-10-16-36(17-11-33)46-32(2)50/h1,6-21,31,48H,22-30,44-45H2,2-4H3,(H,46,50)(H,47,51)/b41-31-. The Bertz CT molecular complexity index is 1870. The molecule has 0 fully saturated rings. The number of nitrogens with one attached hydrogen (secondary N) is 3. The first-order valence-electron chi connectivity index (χ1n) is 18.3. The van der Waals surface area contributed by atoms with E-state index < -0.39 is 5.54 Å². The van der Waals surface area contributed by atoms with E-state index in [1.54, 1.807) is 50.8 Å². The molecule has 0 radical (unpaired) electrons. The van der Waals surface area contributed by atoms with Crippen LogP contribution >= 0.6 is 0 Å². The Balaban J connectivity index is 1.57. The number of benzene rings is 4. The van der Waals surface area contributed by atoms with Crippen molar-refractivity contribution in [2.45, 2.75) is 12.5 Å². The summed E-state index contributed by atoms with van der Waals surface area (Å²) in [6.07, 6.45) is 6.81. The number of nitrogens with zero attached hydrogens (tertiary/aromatic N) is 1. The number of anilines is 3. The minimum atomic E-state index is -1.25. The van der Waals surface area contributed by atoms with Crippen molar-refractivity contribution < 1.29 is 38.0 Å². The van der Waals surface area contributed by atoms with E-state index in [1.807, 2.05) is 66.7 Å². The highest BCUT2D eigenvalue weighted by atomic mass is 16.6. The second-order valence-electron chi connectivity index (χ2n) is 12.5. The zero-order valence-corrected chi connectivity index (χ0v) is 32.6. The van der Waals surface area contributed by atoms with Gasteiger partial charge in [0.1, 0.15) is 23.6 Å². The Morgan fingerprint density at radius 1 is 0.719 bits per heavy atom. The first-order chi connectivity index (χ1) is 27.7. The Labute approximate surface area is 334 Å². The van der Waals surface area contributed by atoms with E-state index in [4.69, 9.17) is 46.4 Å². The van der Waals surface area contributed by atoms with Crippen LogP contribution in [0.5, 0.6) is 11.5 Å². The lowest BCUT2D eigenvalue weighted by molar-refractivity contribution is -0.114. The van der Waals surface area contributed by atoms with Crippen LogP contribution in [0.3, 0.4) is 0 Å². The highest BCUT2D eigenvalue weighted by Gasteiger charge is 2.39. The molecule has 4 aromatic carbocycles. The monoisotopic (exact) mass is 780 g/mol. The number of hydrogen-bond donors (Lipinski definition) is 5. The number of amides is 2. The molecule has 4 rings (SSSR count). The zero-order valence-electron chi connectivity index (χ0n) is 32.6. The normalized spacial score (nSPS) is 11.3. The van der Waals surface area contributed by atoms with Crippen molar-refractivity contribution >= 4 is 28.9 Å². The van der Waals surface area contributed by atoms with Crippen molar-refractivity contribution in [2.75, 3.05) is 89.6 Å². The van der Waals surface area contributed by atoms with Crippen molar-refractivity contribution in [3.63, 3.8) is 0 Å². The molecule has 0 saturated carbocycles. The SMILES string of the molecule is C#CCOCCOCCOCCOCCN(N)/C=C(\N)C(Nc1ccccc1NC(=O)c1ccc(NC(C)=O)cc1)(c1ccc(OC)cc1)c1ccc(OC)cc1. The summed E-state index contributed by atoms with van der Waals surface area (Å²) in [6.45, 7) is 4.79. The van der Waals surface area contributed by atoms with Gasteiger partial charge in [0.15, 0.2) is 0 Å². The number of para-hydroxylation sites is 2. The summed E-state index contributed by atoms with van der Waals surface area (Å²) >= 11 is 0.